The third-order valence-electron chi connectivity index (χ3n) is 4.87. The quantitative estimate of drug-likeness (QED) is 0.472. The molecule has 2 aromatic rings. The van der Waals surface area contributed by atoms with Gasteiger partial charge in [0.1, 0.15) is 5.82 Å². The number of hydrogen-bond acceptors (Lipinski definition) is 5. The first kappa shape index (κ1) is 25.1. The van der Waals surface area contributed by atoms with Crippen LogP contribution in [-0.4, -0.2) is 40.2 Å². The molecule has 0 fully saturated rings. The molecule has 2 amide bonds. The van der Waals surface area contributed by atoms with E-state index in [0.29, 0.717) is 29.0 Å². The number of rotatable bonds is 10. The lowest BCUT2D eigenvalue weighted by Gasteiger charge is -2.31. The van der Waals surface area contributed by atoms with E-state index in [0.717, 1.165) is 24.3 Å². The zero-order valence-corrected chi connectivity index (χ0v) is 19.8. The predicted octanol–water partition coefficient (Wildman–Crippen LogP) is 5.13. The van der Waals surface area contributed by atoms with Gasteiger partial charge >= 0.3 is 12.0 Å². The van der Waals surface area contributed by atoms with E-state index in [2.05, 4.69) is 53.2 Å². The monoisotopic (exact) mass is 441 g/mol. The van der Waals surface area contributed by atoms with Crippen LogP contribution < -0.4 is 15.5 Å². The molecule has 1 unspecified atom stereocenters. The Morgan fingerprint density at radius 2 is 1.59 bits per heavy atom. The molecular formula is C24H35N5O3. The second-order valence-electron chi connectivity index (χ2n) is 9.07. The molecule has 0 saturated carbocycles. The maximum absolute atomic E-state index is 12.8. The van der Waals surface area contributed by atoms with Crippen LogP contribution in [0.1, 0.15) is 58.3 Å². The van der Waals surface area contributed by atoms with Crippen LogP contribution in [0.2, 0.25) is 0 Å². The Bertz CT molecular complexity index is 902. The molecule has 0 spiro atoms. The Morgan fingerprint density at radius 1 is 1.00 bits per heavy atom. The molecule has 0 aliphatic heterocycles. The lowest BCUT2D eigenvalue weighted by molar-refractivity contribution is -0.137. The van der Waals surface area contributed by atoms with Crippen LogP contribution in [0.25, 0.3) is 0 Å². The molecule has 3 N–H and O–H groups in total. The van der Waals surface area contributed by atoms with Crippen LogP contribution in [0.15, 0.2) is 30.6 Å². The lowest BCUT2D eigenvalue weighted by atomic mass is 9.96. The standard InChI is InChI=1S/C24H35N5O3/c1-15(2)13-29(14-16(3)4)22-8-7-19(17(5)9-23(30)31)10-21(22)28-24(32)27-20-11-25-18(6)26-12-20/h7-8,10-12,15-17H,9,13-14H2,1-6H3,(H,30,31)(H2,27,28,32). The van der Waals surface area contributed by atoms with Crippen molar-refractivity contribution in [3.63, 3.8) is 0 Å². The maximum Gasteiger partial charge on any atom is 0.323 e. The number of carbonyl (C=O) groups is 2. The Morgan fingerprint density at radius 3 is 2.12 bits per heavy atom. The molecule has 0 bridgehead atoms. The number of anilines is 3. The van der Waals surface area contributed by atoms with E-state index in [1.165, 1.54) is 0 Å². The minimum absolute atomic E-state index is 0.0212. The highest BCUT2D eigenvalue weighted by Gasteiger charge is 2.19. The fourth-order valence-corrected chi connectivity index (χ4v) is 3.51. The first-order valence-electron chi connectivity index (χ1n) is 11.0. The van der Waals surface area contributed by atoms with Crippen molar-refractivity contribution in [2.24, 2.45) is 11.8 Å². The number of aryl methyl sites for hydroxylation is 1. The second-order valence-corrected chi connectivity index (χ2v) is 9.07. The summed E-state index contributed by atoms with van der Waals surface area (Å²) in [6, 6.07) is 5.40. The molecule has 174 valence electrons. The van der Waals surface area contributed by atoms with Crippen molar-refractivity contribution in [3.8, 4) is 0 Å². The van der Waals surface area contributed by atoms with Crippen molar-refractivity contribution in [1.82, 2.24) is 9.97 Å². The van der Waals surface area contributed by atoms with Gasteiger partial charge in [-0.05, 0) is 42.4 Å². The van der Waals surface area contributed by atoms with Gasteiger partial charge in [0.2, 0.25) is 0 Å². The van der Waals surface area contributed by atoms with E-state index in [1.807, 2.05) is 25.1 Å². The fraction of sp³-hybridized carbons (Fsp3) is 0.500. The van der Waals surface area contributed by atoms with Crippen LogP contribution in [0, 0.1) is 18.8 Å². The van der Waals surface area contributed by atoms with Gasteiger partial charge in [0.25, 0.3) is 0 Å². The minimum Gasteiger partial charge on any atom is -0.481 e. The summed E-state index contributed by atoms with van der Waals surface area (Å²) < 4.78 is 0. The number of aliphatic carboxylic acids is 1. The molecule has 0 aliphatic rings. The van der Waals surface area contributed by atoms with Gasteiger partial charge in [-0.1, -0.05) is 40.7 Å². The maximum atomic E-state index is 12.8. The van der Waals surface area contributed by atoms with Gasteiger partial charge in [0.15, 0.2) is 0 Å². The first-order chi connectivity index (χ1) is 15.0. The molecular weight excluding hydrogens is 406 g/mol. The third kappa shape index (κ3) is 7.83. The van der Waals surface area contributed by atoms with E-state index < -0.39 is 12.0 Å². The third-order valence-corrected chi connectivity index (χ3v) is 4.87. The molecule has 1 aromatic heterocycles. The van der Waals surface area contributed by atoms with Gasteiger partial charge in [0, 0.05) is 13.1 Å². The predicted molar refractivity (Wildman–Crippen MR) is 128 cm³/mol. The fourth-order valence-electron chi connectivity index (χ4n) is 3.51. The van der Waals surface area contributed by atoms with Crippen LogP contribution in [0.5, 0.6) is 0 Å². The van der Waals surface area contributed by atoms with E-state index in [-0.39, 0.29) is 12.3 Å². The summed E-state index contributed by atoms with van der Waals surface area (Å²) in [6.07, 6.45) is 3.13. The van der Waals surface area contributed by atoms with Crippen LogP contribution in [0.3, 0.4) is 0 Å². The molecule has 0 saturated heterocycles. The highest BCUT2D eigenvalue weighted by atomic mass is 16.4. The normalized spacial score (nSPS) is 12.0. The number of carboxylic acid groups (broad SMARTS) is 1. The van der Waals surface area contributed by atoms with Crippen LogP contribution in [-0.2, 0) is 4.79 Å². The average molecular weight is 442 g/mol. The molecule has 32 heavy (non-hydrogen) atoms. The van der Waals surface area contributed by atoms with Gasteiger partial charge in [0.05, 0.1) is 35.9 Å². The number of urea groups is 1. The van der Waals surface area contributed by atoms with Gasteiger partial charge in [-0.3, -0.25) is 4.79 Å². The van der Waals surface area contributed by atoms with Gasteiger partial charge in [-0.25, -0.2) is 14.8 Å². The first-order valence-corrected chi connectivity index (χ1v) is 11.0. The number of nitrogens with zero attached hydrogens (tertiary/aromatic N) is 3. The van der Waals surface area contributed by atoms with Crippen molar-refractivity contribution in [2.45, 2.75) is 53.9 Å². The van der Waals surface area contributed by atoms with Crippen molar-refractivity contribution in [2.75, 3.05) is 28.6 Å². The van der Waals surface area contributed by atoms with E-state index in [9.17, 15) is 14.7 Å². The zero-order chi connectivity index (χ0) is 23.8. The zero-order valence-electron chi connectivity index (χ0n) is 19.8. The summed E-state index contributed by atoms with van der Waals surface area (Å²) in [5, 5.41) is 14.9. The Kier molecular flexibility index (Phi) is 8.99. The number of benzene rings is 1. The van der Waals surface area contributed by atoms with Crippen molar-refractivity contribution >= 4 is 29.1 Å². The number of nitrogens with one attached hydrogen (secondary N) is 2. The Balaban J connectivity index is 2.37. The molecule has 8 heteroatoms. The largest absolute Gasteiger partial charge is 0.481 e. The van der Waals surface area contributed by atoms with Crippen LogP contribution in [0.4, 0.5) is 21.9 Å². The number of amides is 2. The molecule has 1 aromatic carbocycles. The Labute approximate surface area is 190 Å². The van der Waals surface area contributed by atoms with Crippen molar-refractivity contribution in [3.05, 3.63) is 42.0 Å². The molecule has 0 aliphatic carbocycles. The van der Waals surface area contributed by atoms with Gasteiger partial charge < -0.3 is 20.6 Å². The summed E-state index contributed by atoms with van der Waals surface area (Å²) in [5.74, 6) is 0.460. The lowest BCUT2D eigenvalue weighted by Crippen LogP contribution is -2.32. The molecule has 1 atom stereocenters. The van der Waals surface area contributed by atoms with Gasteiger partial charge in [-0.15, -0.1) is 0 Å². The number of aromatic nitrogens is 2. The van der Waals surface area contributed by atoms with Crippen LogP contribution >= 0.6 is 0 Å². The Hall–Kier alpha value is -3.16. The summed E-state index contributed by atoms with van der Waals surface area (Å²) in [6.45, 7) is 14.0. The topological polar surface area (TPSA) is 107 Å². The van der Waals surface area contributed by atoms with Crippen molar-refractivity contribution < 1.29 is 14.7 Å². The summed E-state index contributed by atoms with van der Waals surface area (Å²) in [4.78, 5) is 34.4. The summed E-state index contributed by atoms with van der Waals surface area (Å²) in [7, 11) is 0. The molecule has 0 radical (unpaired) electrons. The highest BCUT2D eigenvalue weighted by Crippen LogP contribution is 2.32. The molecule has 1 heterocycles. The average Bonchev–Trinajstić information content (AvgIpc) is 2.68. The number of carboxylic acids is 1. The van der Waals surface area contributed by atoms with E-state index in [1.54, 1.807) is 19.3 Å². The summed E-state index contributed by atoms with van der Waals surface area (Å²) in [5.41, 5.74) is 2.91. The second kappa shape index (κ2) is 11.5. The van der Waals surface area contributed by atoms with Gasteiger partial charge in [-0.2, -0.15) is 0 Å². The van der Waals surface area contributed by atoms with E-state index in [4.69, 9.17) is 0 Å². The number of carbonyl (C=O) groups excluding carboxylic acids is 1. The molecule has 2 rings (SSSR count). The number of hydrogen-bond donors (Lipinski definition) is 3. The smallest absolute Gasteiger partial charge is 0.323 e. The summed E-state index contributed by atoms with van der Waals surface area (Å²) >= 11 is 0. The van der Waals surface area contributed by atoms with E-state index >= 15 is 0 Å². The highest BCUT2D eigenvalue weighted by molar-refractivity contribution is 6.01. The molecule has 8 nitrogen and oxygen atoms in total. The minimum atomic E-state index is -0.852. The van der Waals surface area contributed by atoms with Crippen molar-refractivity contribution in [1.29, 1.82) is 0 Å². The SMILES string of the molecule is Cc1ncc(NC(=O)Nc2cc(C(C)CC(=O)O)ccc2N(CC(C)C)CC(C)C)cn1.